The second-order valence-electron chi connectivity index (χ2n) is 9.11. The van der Waals surface area contributed by atoms with E-state index in [2.05, 4.69) is 12.2 Å². The summed E-state index contributed by atoms with van der Waals surface area (Å²) in [7, 11) is 3.21. The topological polar surface area (TPSA) is 88.2 Å². The molecule has 8 heteroatoms. The Bertz CT molecular complexity index is 894. The van der Waals surface area contributed by atoms with Gasteiger partial charge in [-0.2, -0.15) is 0 Å². The van der Waals surface area contributed by atoms with Gasteiger partial charge in [0.2, 0.25) is 5.91 Å². The minimum atomic E-state index is -0.830. The van der Waals surface area contributed by atoms with E-state index in [1.165, 1.54) is 0 Å². The van der Waals surface area contributed by atoms with Gasteiger partial charge in [-0.25, -0.2) is 4.79 Å². The van der Waals surface area contributed by atoms with Crippen molar-refractivity contribution in [2.75, 3.05) is 27.3 Å². The zero-order valence-electron chi connectivity index (χ0n) is 19.2. The molecule has 1 aromatic rings. The first kappa shape index (κ1) is 22.4. The van der Waals surface area contributed by atoms with Gasteiger partial charge in [0.25, 0.3) is 5.91 Å². The number of amides is 4. The van der Waals surface area contributed by atoms with Crippen molar-refractivity contribution in [1.82, 2.24) is 15.1 Å². The monoisotopic (exact) mass is 443 g/mol. The molecule has 1 N–H and O–H groups in total. The number of imide groups is 1. The average Bonchev–Trinajstić information content (AvgIpc) is 3.39. The Morgan fingerprint density at radius 3 is 2.56 bits per heavy atom. The van der Waals surface area contributed by atoms with Crippen LogP contribution in [0.2, 0.25) is 0 Å². The molecule has 1 atom stereocenters. The van der Waals surface area contributed by atoms with E-state index in [-0.39, 0.29) is 24.4 Å². The standard InChI is InChI=1S/C24H33N3O5/c1-4-16-9-11-24(12-10-16)22(29)27(23(30)25-24)15-21(28)26-13-5-6-19(26)18-14-17(31-2)7-8-20(18)32-3/h7-8,14,16,19H,4-6,9-13,15H2,1-3H3,(H,25,30)/t16?,19-,24?/m1/s1. The van der Waals surface area contributed by atoms with Gasteiger partial charge in [-0.05, 0) is 62.6 Å². The average molecular weight is 444 g/mol. The van der Waals surface area contributed by atoms with E-state index in [9.17, 15) is 14.4 Å². The zero-order chi connectivity index (χ0) is 22.9. The summed E-state index contributed by atoms with van der Waals surface area (Å²) in [6, 6.07) is 4.92. The molecule has 0 aromatic heterocycles. The van der Waals surface area contributed by atoms with Crippen molar-refractivity contribution in [3.63, 3.8) is 0 Å². The van der Waals surface area contributed by atoms with Gasteiger partial charge in [-0.3, -0.25) is 14.5 Å². The zero-order valence-corrected chi connectivity index (χ0v) is 19.2. The molecule has 2 heterocycles. The van der Waals surface area contributed by atoms with Crippen LogP contribution in [0.5, 0.6) is 11.5 Å². The summed E-state index contributed by atoms with van der Waals surface area (Å²) in [4.78, 5) is 42.0. The number of nitrogens with one attached hydrogen (secondary N) is 1. The Balaban J connectivity index is 1.49. The van der Waals surface area contributed by atoms with Gasteiger partial charge in [-0.15, -0.1) is 0 Å². The molecule has 3 fully saturated rings. The molecule has 3 aliphatic rings. The summed E-state index contributed by atoms with van der Waals surface area (Å²) < 4.78 is 10.9. The summed E-state index contributed by atoms with van der Waals surface area (Å²) in [5.74, 6) is 1.51. The molecule has 4 amide bonds. The number of urea groups is 1. The van der Waals surface area contributed by atoms with Crippen molar-refractivity contribution < 1.29 is 23.9 Å². The quantitative estimate of drug-likeness (QED) is 0.682. The normalized spacial score (nSPS) is 27.7. The second kappa shape index (κ2) is 9.00. The van der Waals surface area contributed by atoms with E-state index in [0.29, 0.717) is 36.8 Å². The number of rotatable bonds is 6. The van der Waals surface area contributed by atoms with E-state index < -0.39 is 11.6 Å². The Morgan fingerprint density at radius 2 is 1.91 bits per heavy atom. The highest BCUT2D eigenvalue weighted by Gasteiger charge is 2.53. The number of carbonyl (C=O) groups excluding carboxylic acids is 3. The number of hydrogen-bond donors (Lipinski definition) is 1. The molecule has 0 unspecified atom stereocenters. The Kier molecular flexibility index (Phi) is 6.31. The van der Waals surface area contributed by atoms with Crippen molar-refractivity contribution in [3.8, 4) is 11.5 Å². The fourth-order valence-electron chi connectivity index (χ4n) is 5.45. The number of ether oxygens (including phenoxy) is 2. The molecule has 2 saturated heterocycles. The maximum absolute atomic E-state index is 13.3. The lowest BCUT2D eigenvalue weighted by molar-refractivity contribution is -0.140. The van der Waals surface area contributed by atoms with Crippen LogP contribution in [0.25, 0.3) is 0 Å². The van der Waals surface area contributed by atoms with Crippen LogP contribution in [0.1, 0.15) is 63.5 Å². The molecule has 1 aliphatic carbocycles. The van der Waals surface area contributed by atoms with Crippen LogP contribution in [-0.2, 0) is 9.59 Å². The summed E-state index contributed by atoms with van der Waals surface area (Å²) in [5, 5.41) is 2.92. The van der Waals surface area contributed by atoms with E-state index in [4.69, 9.17) is 9.47 Å². The first-order valence-corrected chi connectivity index (χ1v) is 11.6. The largest absolute Gasteiger partial charge is 0.497 e. The Hall–Kier alpha value is -2.77. The maximum Gasteiger partial charge on any atom is 0.325 e. The van der Waals surface area contributed by atoms with E-state index in [1.807, 2.05) is 18.2 Å². The van der Waals surface area contributed by atoms with Crippen molar-refractivity contribution in [2.45, 2.75) is 63.5 Å². The SMILES string of the molecule is CCC1CCC2(CC1)NC(=O)N(CC(=O)N1CCC[C@@H]1c1cc(OC)ccc1OC)C2=O. The highest BCUT2D eigenvalue weighted by molar-refractivity contribution is 6.09. The predicted molar refractivity (Wildman–Crippen MR) is 118 cm³/mol. The molecular weight excluding hydrogens is 410 g/mol. The predicted octanol–water partition coefficient (Wildman–Crippen LogP) is 3.26. The summed E-state index contributed by atoms with van der Waals surface area (Å²) in [6.45, 7) is 2.51. The van der Waals surface area contributed by atoms with E-state index >= 15 is 0 Å². The van der Waals surface area contributed by atoms with Crippen LogP contribution in [0.4, 0.5) is 4.79 Å². The van der Waals surface area contributed by atoms with E-state index in [1.54, 1.807) is 19.1 Å². The van der Waals surface area contributed by atoms with Crippen LogP contribution in [0.3, 0.4) is 0 Å². The van der Waals surface area contributed by atoms with Crippen molar-refractivity contribution in [3.05, 3.63) is 23.8 Å². The number of nitrogens with zero attached hydrogens (tertiary/aromatic N) is 2. The van der Waals surface area contributed by atoms with E-state index in [0.717, 1.165) is 42.6 Å². The molecule has 0 radical (unpaired) electrons. The van der Waals surface area contributed by atoms with Crippen molar-refractivity contribution in [1.29, 1.82) is 0 Å². The second-order valence-corrected chi connectivity index (χ2v) is 9.11. The molecule has 1 spiro atoms. The lowest BCUT2D eigenvalue weighted by atomic mass is 9.75. The van der Waals surface area contributed by atoms with Gasteiger partial charge in [0.1, 0.15) is 23.6 Å². The maximum atomic E-state index is 13.3. The molecule has 1 saturated carbocycles. The van der Waals surface area contributed by atoms with Gasteiger partial charge < -0.3 is 19.7 Å². The summed E-state index contributed by atoms with van der Waals surface area (Å²) in [5.41, 5.74) is 0.0490. The summed E-state index contributed by atoms with van der Waals surface area (Å²) in [6.07, 6.45) is 5.87. The lowest BCUT2D eigenvalue weighted by Crippen LogP contribution is -2.50. The van der Waals surface area contributed by atoms with Gasteiger partial charge in [0.15, 0.2) is 0 Å². The summed E-state index contributed by atoms with van der Waals surface area (Å²) >= 11 is 0. The number of likely N-dealkylation sites (tertiary alicyclic amines) is 1. The Morgan fingerprint density at radius 1 is 1.16 bits per heavy atom. The molecule has 32 heavy (non-hydrogen) atoms. The van der Waals surface area contributed by atoms with Crippen LogP contribution in [-0.4, -0.2) is 60.5 Å². The Labute approximate surface area is 189 Å². The smallest absolute Gasteiger partial charge is 0.325 e. The molecular formula is C24H33N3O5. The minimum Gasteiger partial charge on any atom is -0.497 e. The highest BCUT2D eigenvalue weighted by Crippen LogP contribution is 2.40. The van der Waals surface area contributed by atoms with Gasteiger partial charge in [0, 0.05) is 12.1 Å². The first-order chi connectivity index (χ1) is 15.4. The molecule has 0 bridgehead atoms. The number of benzene rings is 1. The molecule has 1 aromatic carbocycles. The fraction of sp³-hybridized carbons (Fsp3) is 0.625. The van der Waals surface area contributed by atoms with Crippen LogP contribution >= 0.6 is 0 Å². The highest BCUT2D eigenvalue weighted by atomic mass is 16.5. The van der Waals surface area contributed by atoms with Gasteiger partial charge in [0.05, 0.1) is 20.3 Å². The molecule has 8 nitrogen and oxygen atoms in total. The van der Waals surface area contributed by atoms with Crippen LogP contribution in [0, 0.1) is 5.92 Å². The van der Waals surface area contributed by atoms with Gasteiger partial charge in [-0.1, -0.05) is 13.3 Å². The molecule has 4 rings (SSSR count). The fourth-order valence-corrected chi connectivity index (χ4v) is 5.45. The lowest BCUT2D eigenvalue weighted by Gasteiger charge is -2.34. The molecule has 174 valence electrons. The number of methoxy groups -OCH3 is 2. The molecule has 2 aliphatic heterocycles. The first-order valence-electron chi connectivity index (χ1n) is 11.6. The third-order valence-electron chi connectivity index (χ3n) is 7.44. The van der Waals surface area contributed by atoms with Crippen LogP contribution < -0.4 is 14.8 Å². The third kappa shape index (κ3) is 3.91. The van der Waals surface area contributed by atoms with Crippen molar-refractivity contribution >= 4 is 17.8 Å². The number of hydrogen-bond acceptors (Lipinski definition) is 5. The van der Waals surface area contributed by atoms with Gasteiger partial charge >= 0.3 is 6.03 Å². The van der Waals surface area contributed by atoms with Crippen molar-refractivity contribution in [2.24, 2.45) is 5.92 Å². The third-order valence-corrected chi connectivity index (χ3v) is 7.44. The van der Waals surface area contributed by atoms with Crippen LogP contribution in [0.15, 0.2) is 18.2 Å². The minimum absolute atomic E-state index is 0.178. The number of carbonyl (C=O) groups is 3.